The van der Waals surface area contributed by atoms with Gasteiger partial charge < -0.3 is 15.2 Å². The lowest BCUT2D eigenvalue weighted by Gasteiger charge is -2.50. The Hall–Kier alpha value is -2.28. The van der Waals surface area contributed by atoms with Crippen LogP contribution < -0.4 is 10.5 Å². The number of halogens is 3. The van der Waals surface area contributed by atoms with Crippen molar-refractivity contribution in [2.45, 2.75) is 52.6 Å². The van der Waals surface area contributed by atoms with E-state index in [0.717, 1.165) is 12.1 Å². The molecule has 1 saturated carbocycles. The first-order valence-corrected chi connectivity index (χ1v) is 15.6. The fourth-order valence-electron chi connectivity index (χ4n) is 6.01. The number of amides is 1. The molecule has 38 heavy (non-hydrogen) atoms. The molecular formula is C25H26ClF2NO7S2. The normalized spacial score (nSPS) is 26.4. The summed E-state index contributed by atoms with van der Waals surface area (Å²) in [7, 11) is -8.43. The van der Waals surface area contributed by atoms with Crippen LogP contribution in [0.5, 0.6) is 5.75 Å². The van der Waals surface area contributed by atoms with Crippen molar-refractivity contribution in [1.82, 2.24) is 0 Å². The molecule has 206 valence electrons. The van der Waals surface area contributed by atoms with Crippen molar-refractivity contribution in [3.05, 3.63) is 58.6 Å². The molecule has 13 heteroatoms. The second-order valence-corrected chi connectivity index (χ2v) is 15.0. The van der Waals surface area contributed by atoms with Gasteiger partial charge in [0.05, 0.1) is 28.9 Å². The van der Waals surface area contributed by atoms with Crippen LogP contribution in [0.1, 0.15) is 37.7 Å². The zero-order chi connectivity index (χ0) is 27.5. The molecule has 2 heterocycles. The summed E-state index contributed by atoms with van der Waals surface area (Å²) in [5.41, 5.74) is 5.00. The van der Waals surface area contributed by atoms with E-state index in [1.165, 1.54) is 24.3 Å². The number of rotatable bonds is 7. The molecule has 1 saturated heterocycles. The maximum Gasteiger partial charge on any atom is 0.238 e. The van der Waals surface area contributed by atoms with E-state index < -0.39 is 75.8 Å². The first kappa shape index (κ1) is 27.3. The van der Waals surface area contributed by atoms with Gasteiger partial charge in [-0.1, -0.05) is 11.6 Å². The summed E-state index contributed by atoms with van der Waals surface area (Å²) in [4.78, 5) is 11.9. The Kier molecular flexibility index (Phi) is 6.77. The molecule has 2 aromatic carbocycles. The number of carbonyl (C=O) groups is 1. The van der Waals surface area contributed by atoms with Crippen LogP contribution >= 0.6 is 11.6 Å². The highest BCUT2D eigenvalue weighted by molar-refractivity contribution is 7.93. The minimum atomic E-state index is -4.42. The van der Waals surface area contributed by atoms with Crippen LogP contribution in [-0.2, 0) is 34.0 Å². The molecule has 0 aromatic heterocycles. The van der Waals surface area contributed by atoms with Gasteiger partial charge in [0.1, 0.15) is 10.6 Å². The minimum absolute atomic E-state index is 0.121. The van der Waals surface area contributed by atoms with Crippen LogP contribution in [0.3, 0.4) is 0 Å². The van der Waals surface area contributed by atoms with Crippen LogP contribution in [0.15, 0.2) is 41.3 Å². The summed E-state index contributed by atoms with van der Waals surface area (Å²) < 4.78 is 93.0. The summed E-state index contributed by atoms with van der Waals surface area (Å²) in [5, 5.41) is 0.289. The van der Waals surface area contributed by atoms with E-state index in [2.05, 4.69) is 0 Å². The highest BCUT2D eigenvalue weighted by Gasteiger charge is 2.62. The second-order valence-electron chi connectivity index (χ2n) is 9.98. The van der Waals surface area contributed by atoms with Crippen molar-refractivity contribution in [3.63, 3.8) is 0 Å². The van der Waals surface area contributed by atoms with Gasteiger partial charge in [0.25, 0.3) is 0 Å². The number of ether oxygens (including phenoxy) is 2. The van der Waals surface area contributed by atoms with Gasteiger partial charge in [0.2, 0.25) is 5.91 Å². The molecule has 3 aliphatic rings. The molecule has 0 spiro atoms. The zero-order valence-electron chi connectivity index (χ0n) is 20.2. The molecule has 1 amide bonds. The van der Waals surface area contributed by atoms with E-state index in [-0.39, 0.29) is 48.8 Å². The largest absolute Gasteiger partial charge is 0.490 e. The maximum absolute atomic E-state index is 15.5. The van der Waals surface area contributed by atoms with Crippen molar-refractivity contribution in [1.29, 1.82) is 0 Å². The molecule has 2 fully saturated rings. The van der Waals surface area contributed by atoms with Gasteiger partial charge in [-0.25, -0.2) is 25.6 Å². The topological polar surface area (TPSA) is 130 Å². The smallest absolute Gasteiger partial charge is 0.238 e. The lowest BCUT2D eigenvalue weighted by Crippen LogP contribution is -2.59. The summed E-state index contributed by atoms with van der Waals surface area (Å²) in [6, 6.07) is 7.06. The van der Waals surface area contributed by atoms with E-state index in [0.29, 0.717) is 6.42 Å². The van der Waals surface area contributed by atoms with Gasteiger partial charge in [-0.15, -0.1) is 0 Å². The third-order valence-corrected chi connectivity index (χ3v) is 13.6. The monoisotopic (exact) mass is 589 g/mol. The first-order chi connectivity index (χ1) is 17.9. The molecule has 0 unspecified atom stereocenters. The SMILES string of the molecule is NC(=O)C1(S(=O)(=O)CC[C@@H]2OCC[C@@]3(S(=O)(=O)c4ccc(Cl)cc4)c4c(F)ccc(F)c4OC[C@@H]23)CCC1. The van der Waals surface area contributed by atoms with Crippen molar-refractivity contribution in [3.8, 4) is 5.75 Å². The van der Waals surface area contributed by atoms with Gasteiger partial charge in [0, 0.05) is 17.5 Å². The predicted molar refractivity (Wildman–Crippen MR) is 134 cm³/mol. The highest BCUT2D eigenvalue weighted by atomic mass is 35.5. The van der Waals surface area contributed by atoms with E-state index in [4.69, 9.17) is 26.8 Å². The number of primary amides is 1. The molecule has 1 aliphatic carbocycles. The van der Waals surface area contributed by atoms with Crippen LogP contribution in [0.4, 0.5) is 8.78 Å². The third kappa shape index (κ3) is 3.86. The van der Waals surface area contributed by atoms with Gasteiger partial charge in [0.15, 0.2) is 36.0 Å². The van der Waals surface area contributed by atoms with Gasteiger partial charge in [-0.2, -0.15) is 0 Å². The molecule has 8 nitrogen and oxygen atoms in total. The second kappa shape index (κ2) is 9.42. The fraction of sp³-hybridized carbons (Fsp3) is 0.480. The summed E-state index contributed by atoms with van der Waals surface area (Å²) in [5.74, 6) is -4.85. The van der Waals surface area contributed by atoms with Gasteiger partial charge in [-0.3, -0.25) is 4.79 Å². The van der Waals surface area contributed by atoms with Crippen LogP contribution in [-0.4, -0.2) is 52.6 Å². The van der Waals surface area contributed by atoms with Crippen LogP contribution in [0.25, 0.3) is 0 Å². The van der Waals surface area contributed by atoms with E-state index in [9.17, 15) is 26.0 Å². The summed E-state index contributed by atoms with van der Waals surface area (Å²) >= 11 is 5.96. The number of carbonyl (C=O) groups excluding carboxylic acids is 1. The Bertz CT molecular complexity index is 1490. The third-order valence-electron chi connectivity index (χ3n) is 8.22. The lowest BCUT2D eigenvalue weighted by molar-refractivity contribution is -0.122. The number of sulfone groups is 2. The van der Waals surface area contributed by atoms with Crippen molar-refractivity contribution in [2.75, 3.05) is 19.0 Å². The maximum atomic E-state index is 15.5. The van der Waals surface area contributed by atoms with E-state index >= 15 is 4.39 Å². The molecule has 2 aromatic rings. The van der Waals surface area contributed by atoms with Gasteiger partial charge >= 0.3 is 0 Å². The number of nitrogens with two attached hydrogens (primary N) is 1. The van der Waals surface area contributed by atoms with E-state index in [1.807, 2.05) is 0 Å². The van der Waals surface area contributed by atoms with Crippen LogP contribution in [0, 0.1) is 17.6 Å². The Morgan fingerprint density at radius 1 is 1.03 bits per heavy atom. The number of hydrogen-bond donors (Lipinski definition) is 1. The Morgan fingerprint density at radius 3 is 2.29 bits per heavy atom. The average molecular weight is 590 g/mol. The molecule has 2 aliphatic heterocycles. The Balaban J connectivity index is 1.60. The lowest BCUT2D eigenvalue weighted by atomic mass is 9.75. The zero-order valence-corrected chi connectivity index (χ0v) is 22.6. The molecule has 5 rings (SSSR count). The predicted octanol–water partition coefficient (Wildman–Crippen LogP) is 3.30. The number of fused-ring (bicyclic) bond motifs is 3. The average Bonchev–Trinajstić information content (AvgIpc) is 2.83. The summed E-state index contributed by atoms with van der Waals surface area (Å²) in [6.07, 6.45) is -0.627. The van der Waals surface area contributed by atoms with Crippen molar-refractivity contribution < 1.29 is 39.9 Å². The summed E-state index contributed by atoms with van der Waals surface area (Å²) in [6.45, 7) is -0.518. The van der Waals surface area contributed by atoms with E-state index in [1.54, 1.807) is 0 Å². The molecule has 0 radical (unpaired) electrons. The standard InChI is InChI=1S/C25H26ClF2NO7S2/c26-15-2-4-16(5-3-15)38(33,34)25-11-12-35-20(8-13-37(31,32)24(23(29)30)9-1-10-24)17(25)14-36-22-19(28)7-6-18(27)21(22)25/h2-7,17,20H,1,8-14H2,(H2,29,30)/t17-,20-,25-/m0/s1. The highest BCUT2D eigenvalue weighted by Crippen LogP contribution is 2.56. The molecule has 3 atom stereocenters. The van der Waals surface area contributed by atoms with Crippen LogP contribution in [0.2, 0.25) is 5.02 Å². The number of benzene rings is 2. The van der Waals surface area contributed by atoms with Crippen molar-refractivity contribution >= 4 is 37.2 Å². The molecular weight excluding hydrogens is 564 g/mol. The van der Waals surface area contributed by atoms with Gasteiger partial charge in [-0.05, 0) is 68.5 Å². The molecule has 2 N–H and O–H groups in total. The fourth-order valence-corrected chi connectivity index (χ4v) is 10.6. The minimum Gasteiger partial charge on any atom is -0.490 e. The molecule has 0 bridgehead atoms. The first-order valence-electron chi connectivity index (χ1n) is 12.1. The Labute approximate surface area is 224 Å². The number of hydrogen-bond acceptors (Lipinski definition) is 7. The quantitative estimate of drug-likeness (QED) is 0.524. The Morgan fingerprint density at radius 2 is 1.68 bits per heavy atom. The van der Waals surface area contributed by atoms with Crippen molar-refractivity contribution in [2.24, 2.45) is 11.7 Å².